The molecule has 7 nitrogen and oxygen atoms in total. The van der Waals surface area contributed by atoms with Crippen LogP contribution < -0.4 is 5.32 Å². The van der Waals surface area contributed by atoms with Crippen molar-refractivity contribution < 1.29 is 27.9 Å². The van der Waals surface area contributed by atoms with Crippen molar-refractivity contribution in [3.63, 3.8) is 0 Å². The van der Waals surface area contributed by atoms with E-state index >= 15 is 0 Å². The molecule has 0 bridgehead atoms. The van der Waals surface area contributed by atoms with Gasteiger partial charge in [-0.25, -0.2) is 4.79 Å². The van der Waals surface area contributed by atoms with E-state index in [4.69, 9.17) is 15.2 Å². The Morgan fingerprint density at radius 2 is 1.53 bits per heavy atom. The van der Waals surface area contributed by atoms with Crippen molar-refractivity contribution in [1.29, 1.82) is 5.26 Å². The van der Waals surface area contributed by atoms with Crippen LogP contribution in [0.2, 0.25) is 0 Å². The molecule has 3 aromatic rings. The highest BCUT2D eigenvalue weighted by molar-refractivity contribution is 6.04. The van der Waals surface area contributed by atoms with Crippen molar-refractivity contribution in [1.82, 2.24) is 9.80 Å². The Morgan fingerprint density at radius 1 is 0.921 bits per heavy atom. The van der Waals surface area contributed by atoms with E-state index in [-0.39, 0.29) is 5.91 Å². The van der Waals surface area contributed by atoms with Crippen LogP contribution in [-0.4, -0.2) is 67.2 Å². The summed E-state index contributed by atoms with van der Waals surface area (Å²) in [6, 6.07) is 25.1. The lowest BCUT2D eigenvalue weighted by Crippen LogP contribution is -2.28. The molecular weight excluding hydrogens is 497 g/mol. The number of likely N-dealkylation sites (N-methyl/N-ethyl adjacent to an activating group) is 2. The lowest BCUT2D eigenvalue weighted by molar-refractivity contribution is -0.192. The zero-order valence-corrected chi connectivity index (χ0v) is 21.3. The first-order valence-electron chi connectivity index (χ1n) is 11.5. The molecule has 0 aromatic heterocycles. The molecule has 0 unspecified atom stereocenters. The number of anilines is 1. The molecule has 0 fully saturated rings. The standard InChI is InChI=1S/C26H28N4O.C2HF3O2/c1-29(2)13-14-30(3)19-21-8-5-9-22(16-21)23-10-6-12-25(17-23)28-26(31)24-11-4-7-20(15-24)18-27;3-2(4,5)1(6)7/h4-12,15-17H,13-14,19H2,1-3H3,(H,28,31);(H,6,7). The summed E-state index contributed by atoms with van der Waals surface area (Å²) < 4.78 is 31.7. The van der Waals surface area contributed by atoms with Gasteiger partial charge in [-0.3, -0.25) is 4.79 Å². The molecule has 3 rings (SSSR count). The molecule has 3 aromatic carbocycles. The maximum Gasteiger partial charge on any atom is 0.490 e. The molecule has 0 heterocycles. The molecule has 2 N–H and O–H groups in total. The fourth-order valence-electron chi connectivity index (χ4n) is 3.32. The number of carboxylic acids is 1. The third kappa shape index (κ3) is 10.0. The molecule has 200 valence electrons. The Hall–Kier alpha value is -4.20. The van der Waals surface area contributed by atoms with Crippen LogP contribution in [0.4, 0.5) is 18.9 Å². The number of nitriles is 1. The Balaban J connectivity index is 0.000000638. The molecule has 0 atom stereocenters. The lowest BCUT2D eigenvalue weighted by Gasteiger charge is -2.19. The van der Waals surface area contributed by atoms with Gasteiger partial charge in [0.2, 0.25) is 0 Å². The molecule has 0 aliphatic heterocycles. The van der Waals surface area contributed by atoms with Gasteiger partial charge in [-0.2, -0.15) is 18.4 Å². The second kappa shape index (κ2) is 13.9. The summed E-state index contributed by atoms with van der Waals surface area (Å²) >= 11 is 0. The van der Waals surface area contributed by atoms with Crippen LogP contribution in [0.15, 0.2) is 72.8 Å². The fraction of sp³-hybridized carbons (Fsp3) is 0.250. The normalized spacial score (nSPS) is 10.9. The van der Waals surface area contributed by atoms with Crippen molar-refractivity contribution in [2.75, 3.05) is 39.5 Å². The number of halogens is 3. The second-order valence-corrected chi connectivity index (χ2v) is 8.77. The highest BCUT2D eigenvalue weighted by Crippen LogP contribution is 2.24. The summed E-state index contributed by atoms with van der Waals surface area (Å²) in [5, 5.41) is 19.1. The molecule has 0 aliphatic carbocycles. The number of aliphatic carboxylic acids is 1. The molecule has 10 heteroatoms. The summed E-state index contributed by atoms with van der Waals surface area (Å²) in [4.78, 5) is 26.0. The third-order valence-corrected chi connectivity index (χ3v) is 5.26. The number of alkyl halides is 3. The van der Waals surface area contributed by atoms with E-state index in [1.807, 2.05) is 24.3 Å². The van der Waals surface area contributed by atoms with Gasteiger partial charge < -0.3 is 20.2 Å². The first kappa shape index (κ1) is 30.0. The minimum atomic E-state index is -5.08. The molecular formula is C28H29F3N4O3. The van der Waals surface area contributed by atoms with Crippen LogP contribution in [0.5, 0.6) is 0 Å². The molecule has 0 saturated heterocycles. The van der Waals surface area contributed by atoms with Crippen LogP contribution in [0.25, 0.3) is 11.1 Å². The molecule has 0 spiro atoms. The van der Waals surface area contributed by atoms with Gasteiger partial charge in [-0.1, -0.05) is 36.4 Å². The van der Waals surface area contributed by atoms with E-state index in [0.29, 0.717) is 11.1 Å². The maximum atomic E-state index is 12.6. The van der Waals surface area contributed by atoms with E-state index in [1.165, 1.54) is 5.56 Å². The average molecular weight is 527 g/mol. The van der Waals surface area contributed by atoms with Gasteiger partial charge in [0.05, 0.1) is 11.6 Å². The predicted molar refractivity (Wildman–Crippen MR) is 140 cm³/mol. The van der Waals surface area contributed by atoms with Crippen molar-refractivity contribution in [2.24, 2.45) is 0 Å². The van der Waals surface area contributed by atoms with Crippen LogP contribution in [-0.2, 0) is 11.3 Å². The summed E-state index contributed by atoms with van der Waals surface area (Å²) in [6.45, 7) is 2.91. The van der Waals surface area contributed by atoms with Crippen molar-refractivity contribution in [3.8, 4) is 17.2 Å². The number of rotatable bonds is 8. The van der Waals surface area contributed by atoms with Crippen LogP contribution >= 0.6 is 0 Å². The average Bonchev–Trinajstić information content (AvgIpc) is 2.87. The third-order valence-electron chi connectivity index (χ3n) is 5.26. The summed E-state index contributed by atoms with van der Waals surface area (Å²) in [5.74, 6) is -2.99. The van der Waals surface area contributed by atoms with Gasteiger partial charge in [0.25, 0.3) is 5.91 Å². The van der Waals surface area contributed by atoms with Crippen molar-refractivity contribution in [3.05, 3.63) is 89.5 Å². The summed E-state index contributed by atoms with van der Waals surface area (Å²) in [7, 11) is 6.30. The van der Waals surface area contributed by atoms with Gasteiger partial charge in [-0.05, 0) is 74.2 Å². The monoisotopic (exact) mass is 526 g/mol. The lowest BCUT2D eigenvalue weighted by atomic mass is 10.0. The Kier molecular flexibility index (Phi) is 11.0. The zero-order chi connectivity index (χ0) is 28.3. The highest BCUT2D eigenvalue weighted by Gasteiger charge is 2.38. The van der Waals surface area contributed by atoms with Crippen LogP contribution in [0, 0.1) is 11.3 Å². The number of carbonyl (C=O) groups is 2. The Labute approximate surface area is 219 Å². The summed E-state index contributed by atoms with van der Waals surface area (Å²) in [6.07, 6.45) is -5.08. The fourth-order valence-corrected chi connectivity index (χ4v) is 3.32. The molecule has 0 aliphatic rings. The number of carboxylic acid groups (broad SMARTS) is 1. The van der Waals surface area contributed by atoms with Gasteiger partial charge >= 0.3 is 12.1 Å². The van der Waals surface area contributed by atoms with E-state index in [1.54, 1.807) is 24.3 Å². The maximum absolute atomic E-state index is 12.6. The highest BCUT2D eigenvalue weighted by atomic mass is 19.4. The van der Waals surface area contributed by atoms with Gasteiger partial charge in [0.15, 0.2) is 0 Å². The number of amides is 1. The minimum absolute atomic E-state index is 0.231. The van der Waals surface area contributed by atoms with E-state index in [2.05, 4.69) is 66.6 Å². The molecule has 0 radical (unpaired) electrons. The van der Waals surface area contributed by atoms with Crippen LogP contribution in [0.3, 0.4) is 0 Å². The van der Waals surface area contributed by atoms with E-state index < -0.39 is 12.1 Å². The largest absolute Gasteiger partial charge is 0.490 e. The molecule has 0 saturated carbocycles. The molecule has 38 heavy (non-hydrogen) atoms. The topological polar surface area (TPSA) is 96.7 Å². The number of nitrogens with zero attached hydrogens (tertiary/aromatic N) is 3. The zero-order valence-electron chi connectivity index (χ0n) is 21.3. The smallest absolute Gasteiger partial charge is 0.475 e. The van der Waals surface area contributed by atoms with Gasteiger partial charge in [0, 0.05) is 30.9 Å². The SMILES string of the molecule is CN(C)CCN(C)Cc1cccc(-c2cccc(NC(=O)c3cccc(C#N)c3)c2)c1.O=C(O)C(F)(F)F. The first-order chi connectivity index (χ1) is 17.9. The quantitative estimate of drug-likeness (QED) is 0.424. The van der Waals surface area contributed by atoms with Crippen LogP contribution in [0.1, 0.15) is 21.5 Å². The number of hydrogen-bond donors (Lipinski definition) is 2. The number of nitrogens with one attached hydrogen (secondary N) is 1. The number of carbonyl (C=O) groups excluding carboxylic acids is 1. The van der Waals surface area contributed by atoms with E-state index in [0.717, 1.165) is 36.4 Å². The number of hydrogen-bond acceptors (Lipinski definition) is 5. The van der Waals surface area contributed by atoms with Crippen molar-refractivity contribution >= 4 is 17.6 Å². The number of benzene rings is 3. The Bertz CT molecular complexity index is 1290. The summed E-state index contributed by atoms with van der Waals surface area (Å²) in [5.41, 5.74) is 5.06. The first-order valence-corrected chi connectivity index (χ1v) is 11.5. The minimum Gasteiger partial charge on any atom is -0.475 e. The molecule has 1 amide bonds. The van der Waals surface area contributed by atoms with Gasteiger partial charge in [0.1, 0.15) is 0 Å². The predicted octanol–water partition coefficient (Wildman–Crippen LogP) is 5.10. The van der Waals surface area contributed by atoms with Crippen molar-refractivity contribution in [2.45, 2.75) is 12.7 Å². The van der Waals surface area contributed by atoms with E-state index in [9.17, 15) is 18.0 Å². The van der Waals surface area contributed by atoms with Gasteiger partial charge in [-0.15, -0.1) is 0 Å². The second-order valence-electron chi connectivity index (χ2n) is 8.77. The Morgan fingerprint density at radius 3 is 2.13 bits per heavy atom.